The zero-order valence-corrected chi connectivity index (χ0v) is 9.80. The molecule has 2 saturated carbocycles. The van der Waals surface area contributed by atoms with Gasteiger partial charge in [0.1, 0.15) is 0 Å². The highest BCUT2D eigenvalue weighted by Gasteiger charge is 2.53. The summed E-state index contributed by atoms with van der Waals surface area (Å²) in [5.74, 6) is 1.02. The Morgan fingerprint density at radius 2 is 2.25 bits per heavy atom. The van der Waals surface area contributed by atoms with Gasteiger partial charge in [-0.15, -0.1) is 0 Å². The highest BCUT2D eigenvalue weighted by atomic mass is 16.2. The average Bonchev–Trinajstić information content (AvgIpc) is 3.14. The van der Waals surface area contributed by atoms with E-state index in [-0.39, 0.29) is 6.03 Å². The topological polar surface area (TPSA) is 44.4 Å². The molecule has 1 saturated heterocycles. The van der Waals surface area contributed by atoms with Crippen LogP contribution in [-0.4, -0.2) is 43.7 Å². The van der Waals surface area contributed by atoms with Crippen molar-refractivity contribution in [2.24, 2.45) is 11.3 Å². The molecule has 0 bridgehead atoms. The first-order chi connectivity index (χ1) is 7.80. The van der Waals surface area contributed by atoms with E-state index in [4.69, 9.17) is 0 Å². The summed E-state index contributed by atoms with van der Waals surface area (Å²) in [6.07, 6.45) is 5.76. The smallest absolute Gasteiger partial charge is 0.317 e. The van der Waals surface area contributed by atoms with Crippen LogP contribution in [0.5, 0.6) is 0 Å². The predicted molar refractivity (Wildman–Crippen MR) is 62.2 cm³/mol. The Labute approximate surface area is 96.8 Å². The lowest BCUT2D eigenvalue weighted by Gasteiger charge is -2.18. The molecule has 0 radical (unpaired) electrons. The number of hydrogen-bond donors (Lipinski definition) is 2. The summed E-state index contributed by atoms with van der Waals surface area (Å²) in [7, 11) is 0. The molecule has 3 rings (SSSR count). The third kappa shape index (κ3) is 2.03. The van der Waals surface area contributed by atoms with E-state index in [1.54, 1.807) is 0 Å². The van der Waals surface area contributed by atoms with E-state index < -0.39 is 0 Å². The van der Waals surface area contributed by atoms with Crippen molar-refractivity contribution in [2.75, 3.05) is 32.7 Å². The normalized spacial score (nSPS) is 27.0. The van der Waals surface area contributed by atoms with E-state index in [2.05, 4.69) is 10.6 Å². The molecule has 0 aromatic rings. The number of nitrogens with one attached hydrogen (secondary N) is 2. The lowest BCUT2D eigenvalue weighted by molar-refractivity contribution is 0.217. The van der Waals surface area contributed by atoms with Gasteiger partial charge in [0.15, 0.2) is 0 Å². The van der Waals surface area contributed by atoms with Crippen LogP contribution in [0.25, 0.3) is 0 Å². The standard InChI is InChI=1S/C12H21N3O/c16-11-14-6-8-15(11)7-5-13-9-12(3-4-12)10-1-2-10/h10,13H,1-9H2,(H,14,16). The third-order valence-corrected chi connectivity index (χ3v) is 4.32. The Morgan fingerprint density at radius 1 is 1.44 bits per heavy atom. The number of carbonyl (C=O) groups excluding carboxylic acids is 1. The average molecular weight is 223 g/mol. The molecule has 0 atom stereocenters. The lowest BCUT2D eigenvalue weighted by atomic mass is 10.0. The summed E-state index contributed by atoms with van der Waals surface area (Å²) in [6, 6.07) is 0.102. The number of amides is 2. The molecule has 1 heterocycles. The van der Waals surface area contributed by atoms with E-state index in [9.17, 15) is 4.79 Å². The first kappa shape index (κ1) is 10.4. The minimum atomic E-state index is 0.102. The SMILES string of the molecule is O=C1NCCN1CCNCC1(C2CC2)CC1. The second kappa shape index (κ2) is 3.91. The molecule has 2 N–H and O–H groups in total. The summed E-state index contributed by atoms with van der Waals surface area (Å²) >= 11 is 0. The first-order valence-corrected chi connectivity index (χ1v) is 6.54. The summed E-state index contributed by atoms with van der Waals surface area (Å²) in [6.45, 7) is 4.65. The third-order valence-electron chi connectivity index (χ3n) is 4.32. The number of nitrogens with zero attached hydrogens (tertiary/aromatic N) is 1. The van der Waals surface area contributed by atoms with E-state index in [1.807, 2.05) is 4.90 Å². The van der Waals surface area contributed by atoms with Crippen molar-refractivity contribution >= 4 is 6.03 Å². The van der Waals surface area contributed by atoms with Gasteiger partial charge < -0.3 is 15.5 Å². The maximum Gasteiger partial charge on any atom is 0.317 e. The van der Waals surface area contributed by atoms with Gasteiger partial charge in [0.2, 0.25) is 0 Å². The molecule has 16 heavy (non-hydrogen) atoms. The molecule has 2 aliphatic carbocycles. The van der Waals surface area contributed by atoms with E-state index >= 15 is 0 Å². The molecular weight excluding hydrogens is 202 g/mol. The second-order valence-corrected chi connectivity index (χ2v) is 5.53. The molecule has 2 amide bonds. The fourth-order valence-electron chi connectivity index (χ4n) is 2.86. The molecule has 3 fully saturated rings. The zero-order valence-electron chi connectivity index (χ0n) is 9.80. The van der Waals surface area contributed by atoms with Gasteiger partial charge in [-0.3, -0.25) is 0 Å². The van der Waals surface area contributed by atoms with Crippen molar-refractivity contribution in [1.29, 1.82) is 0 Å². The van der Waals surface area contributed by atoms with Crippen LogP contribution < -0.4 is 10.6 Å². The molecule has 0 aromatic heterocycles. The quantitative estimate of drug-likeness (QED) is 0.654. The fraction of sp³-hybridized carbons (Fsp3) is 0.917. The molecular formula is C12H21N3O. The second-order valence-electron chi connectivity index (χ2n) is 5.53. The molecule has 0 spiro atoms. The van der Waals surface area contributed by atoms with E-state index in [0.29, 0.717) is 5.41 Å². The molecule has 4 nitrogen and oxygen atoms in total. The zero-order chi connectivity index (χ0) is 11.0. The summed E-state index contributed by atoms with van der Waals surface area (Å²) in [5.41, 5.74) is 0.674. The molecule has 3 aliphatic rings. The van der Waals surface area contributed by atoms with Crippen molar-refractivity contribution in [3.63, 3.8) is 0 Å². The number of carbonyl (C=O) groups is 1. The van der Waals surface area contributed by atoms with Crippen molar-refractivity contribution in [1.82, 2.24) is 15.5 Å². The highest BCUT2D eigenvalue weighted by molar-refractivity contribution is 5.76. The van der Waals surface area contributed by atoms with E-state index in [0.717, 1.165) is 32.1 Å². The van der Waals surface area contributed by atoms with Crippen LogP contribution >= 0.6 is 0 Å². The van der Waals surface area contributed by atoms with E-state index in [1.165, 1.54) is 32.2 Å². The fourth-order valence-corrected chi connectivity index (χ4v) is 2.86. The Balaban J connectivity index is 1.33. The molecule has 4 heteroatoms. The van der Waals surface area contributed by atoms with Gasteiger partial charge >= 0.3 is 6.03 Å². The van der Waals surface area contributed by atoms with Crippen molar-refractivity contribution in [2.45, 2.75) is 25.7 Å². The molecule has 1 aliphatic heterocycles. The minimum absolute atomic E-state index is 0.102. The Bertz CT molecular complexity index is 284. The maximum absolute atomic E-state index is 11.3. The highest BCUT2D eigenvalue weighted by Crippen LogP contribution is 2.60. The van der Waals surface area contributed by atoms with Gasteiger partial charge in [0.05, 0.1) is 0 Å². The maximum atomic E-state index is 11.3. The Morgan fingerprint density at radius 3 is 2.81 bits per heavy atom. The predicted octanol–water partition coefficient (Wildman–Crippen LogP) is 0.791. The van der Waals surface area contributed by atoms with Crippen molar-refractivity contribution in [3.8, 4) is 0 Å². The number of urea groups is 1. The lowest BCUT2D eigenvalue weighted by Crippen LogP contribution is -2.36. The minimum Gasteiger partial charge on any atom is -0.336 e. The molecule has 90 valence electrons. The Hall–Kier alpha value is -0.770. The first-order valence-electron chi connectivity index (χ1n) is 6.54. The van der Waals surface area contributed by atoms with Gasteiger partial charge in [0.25, 0.3) is 0 Å². The van der Waals surface area contributed by atoms with Gasteiger partial charge in [-0.1, -0.05) is 0 Å². The largest absolute Gasteiger partial charge is 0.336 e. The van der Waals surface area contributed by atoms with Crippen molar-refractivity contribution < 1.29 is 4.79 Å². The van der Waals surface area contributed by atoms with Crippen molar-refractivity contribution in [3.05, 3.63) is 0 Å². The summed E-state index contributed by atoms with van der Waals surface area (Å²) in [4.78, 5) is 13.2. The molecule has 0 aromatic carbocycles. The van der Waals surface area contributed by atoms with Gasteiger partial charge in [-0.05, 0) is 37.0 Å². The van der Waals surface area contributed by atoms with Gasteiger partial charge in [0, 0.05) is 32.7 Å². The van der Waals surface area contributed by atoms with Crippen LogP contribution in [0.3, 0.4) is 0 Å². The van der Waals surface area contributed by atoms with Crippen LogP contribution in [0.1, 0.15) is 25.7 Å². The monoisotopic (exact) mass is 223 g/mol. The van der Waals surface area contributed by atoms with Gasteiger partial charge in [-0.25, -0.2) is 4.79 Å². The Kier molecular flexibility index (Phi) is 2.54. The number of rotatable bonds is 6. The van der Waals surface area contributed by atoms with Crippen LogP contribution in [0.2, 0.25) is 0 Å². The van der Waals surface area contributed by atoms with Crippen LogP contribution in [-0.2, 0) is 0 Å². The van der Waals surface area contributed by atoms with Crippen LogP contribution in [0, 0.1) is 11.3 Å². The van der Waals surface area contributed by atoms with Crippen LogP contribution in [0.15, 0.2) is 0 Å². The number of hydrogen-bond acceptors (Lipinski definition) is 2. The van der Waals surface area contributed by atoms with Gasteiger partial charge in [-0.2, -0.15) is 0 Å². The summed E-state index contributed by atoms with van der Waals surface area (Å²) < 4.78 is 0. The van der Waals surface area contributed by atoms with Crippen LogP contribution in [0.4, 0.5) is 4.79 Å². The molecule has 0 unspecified atom stereocenters. The summed E-state index contributed by atoms with van der Waals surface area (Å²) in [5, 5.41) is 6.36.